The number of halogens is 2. The second-order valence-electron chi connectivity index (χ2n) is 8.08. The second kappa shape index (κ2) is 10.7. The summed E-state index contributed by atoms with van der Waals surface area (Å²) in [6, 6.07) is 16.1. The van der Waals surface area contributed by atoms with Crippen LogP contribution in [0.1, 0.15) is 22.5 Å². The van der Waals surface area contributed by atoms with Gasteiger partial charge in [-0.15, -0.1) is 0 Å². The van der Waals surface area contributed by atoms with Crippen molar-refractivity contribution in [2.75, 3.05) is 19.0 Å². The number of imidazole rings is 1. The van der Waals surface area contributed by atoms with Crippen LogP contribution in [0.15, 0.2) is 48.5 Å². The van der Waals surface area contributed by atoms with Crippen LogP contribution >= 0.6 is 23.2 Å². The van der Waals surface area contributed by atoms with Crippen molar-refractivity contribution in [1.29, 1.82) is 5.26 Å². The number of nitrogens with zero attached hydrogens (tertiary/aromatic N) is 2. The number of carbonyl (C=O) groups excluding carboxylic acids is 1. The molecule has 7 nitrogen and oxygen atoms in total. The SMILES string of the molecule is COc1cc(/C=C(\C#N)c2nc3cc(C)c(C)cc3[nH]2)ccc1OCC(=O)Nc1ccc(Cl)cc1Cl. The number of hydrogen-bond donors (Lipinski definition) is 2. The van der Waals surface area contributed by atoms with E-state index >= 15 is 0 Å². The highest BCUT2D eigenvalue weighted by Gasteiger charge is 2.13. The lowest BCUT2D eigenvalue weighted by Crippen LogP contribution is -2.20. The Hall–Kier alpha value is -3.99. The summed E-state index contributed by atoms with van der Waals surface area (Å²) in [4.78, 5) is 20.1. The van der Waals surface area contributed by atoms with Crippen molar-refractivity contribution < 1.29 is 14.3 Å². The smallest absolute Gasteiger partial charge is 0.262 e. The van der Waals surface area contributed by atoms with Crippen LogP contribution < -0.4 is 14.8 Å². The lowest BCUT2D eigenvalue weighted by atomic mass is 10.1. The molecule has 0 saturated carbocycles. The van der Waals surface area contributed by atoms with Crippen LogP contribution in [0.3, 0.4) is 0 Å². The number of ether oxygens (including phenoxy) is 2. The van der Waals surface area contributed by atoms with E-state index < -0.39 is 5.91 Å². The fourth-order valence-corrected chi connectivity index (χ4v) is 3.99. The van der Waals surface area contributed by atoms with Gasteiger partial charge in [0.2, 0.25) is 0 Å². The monoisotopic (exact) mass is 520 g/mol. The van der Waals surface area contributed by atoms with E-state index in [1.54, 1.807) is 36.4 Å². The van der Waals surface area contributed by atoms with E-state index in [4.69, 9.17) is 32.7 Å². The fourth-order valence-electron chi connectivity index (χ4n) is 3.53. The number of aryl methyl sites for hydroxylation is 2. The van der Waals surface area contributed by atoms with E-state index in [2.05, 4.69) is 21.4 Å². The lowest BCUT2D eigenvalue weighted by Gasteiger charge is -2.12. The van der Waals surface area contributed by atoms with Gasteiger partial charge in [-0.25, -0.2) is 4.98 Å². The lowest BCUT2D eigenvalue weighted by molar-refractivity contribution is -0.118. The van der Waals surface area contributed by atoms with Crippen LogP contribution in [-0.4, -0.2) is 29.6 Å². The molecule has 0 aliphatic heterocycles. The molecule has 182 valence electrons. The Labute approximate surface area is 218 Å². The minimum Gasteiger partial charge on any atom is -0.493 e. The Balaban J connectivity index is 1.50. The Morgan fingerprint density at radius 3 is 2.61 bits per heavy atom. The van der Waals surface area contributed by atoms with E-state index in [0.717, 1.165) is 22.2 Å². The van der Waals surface area contributed by atoms with Crippen molar-refractivity contribution in [3.05, 3.63) is 81.1 Å². The maximum atomic E-state index is 12.3. The summed E-state index contributed by atoms with van der Waals surface area (Å²) in [7, 11) is 1.50. The van der Waals surface area contributed by atoms with Gasteiger partial charge in [-0.3, -0.25) is 4.79 Å². The molecule has 0 aliphatic rings. The topological polar surface area (TPSA) is 100 Å². The summed E-state index contributed by atoms with van der Waals surface area (Å²) in [6.07, 6.45) is 1.71. The van der Waals surface area contributed by atoms with Crippen molar-refractivity contribution in [3.63, 3.8) is 0 Å². The average Bonchev–Trinajstić information content (AvgIpc) is 3.25. The van der Waals surface area contributed by atoms with Crippen molar-refractivity contribution in [1.82, 2.24) is 9.97 Å². The molecule has 0 bridgehead atoms. The molecule has 9 heteroatoms. The second-order valence-corrected chi connectivity index (χ2v) is 8.92. The molecule has 0 radical (unpaired) electrons. The highest BCUT2D eigenvalue weighted by atomic mass is 35.5. The summed E-state index contributed by atoms with van der Waals surface area (Å²) < 4.78 is 11.1. The number of methoxy groups -OCH3 is 1. The first-order valence-electron chi connectivity index (χ1n) is 10.9. The van der Waals surface area contributed by atoms with Crippen molar-refractivity contribution in [3.8, 4) is 17.6 Å². The quantitative estimate of drug-likeness (QED) is 0.268. The first-order valence-corrected chi connectivity index (χ1v) is 11.7. The van der Waals surface area contributed by atoms with E-state index in [-0.39, 0.29) is 6.61 Å². The number of nitriles is 1. The van der Waals surface area contributed by atoms with Gasteiger partial charge in [-0.05, 0) is 79.1 Å². The number of rotatable bonds is 7. The van der Waals surface area contributed by atoms with Gasteiger partial charge in [0.1, 0.15) is 11.9 Å². The molecule has 0 atom stereocenters. The minimum atomic E-state index is -0.396. The molecule has 1 amide bonds. The van der Waals surface area contributed by atoms with Crippen molar-refractivity contribution in [2.24, 2.45) is 0 Å². The van der Waals surface area contributed by atoms with E-state index in [1.165, 1.54) is 13.2 Å². The molecule has 1 aromatic heterocycles. The number of benzene rings is 3. The zero-order chi connectivity index (χ0) is 25.8. The molecule has 0 fully saturated rings. The molecular formula is C27H22Cl2N4O3. The molecule has 3 aromatic carbocycles. The molecule has 0 aliphatic carbocycles. The number of carbonyl (C=O) groups is 1. The van der Waals surface area contributed by atoms with Gasteiger partial charge < -0.3 is 19.8 Å². The number of hydrogen-bond acceptors (Lipinski definition) is 5. The Morgan fingerprint density at radius 1 is 1.11 bits per heavy atom. The molecule has 2 N–H and O–H groups in total. The highest BCUT2D eigenvalue weighted by molar-refractivity contribution is 6.36. The molecule has 0 unspecified atom stereocenters. The summed E-state index contributed by atoms with van der Waals surface area (Å²) in [5.41, 5.74) is 5.46. The van der Waals surface area contributed by atoms with Crippen LogP contribution in [0.4, 0.5) is 5.69 Å². The third-order valence-corrected chi connectivity index (χ3v) is 6.08. The maximum absolute atomic E-state index is 12.3. The van der Waals surface area contributed by atoms with Crippen LogP contribution in [0.2, 0.25) is 10.0 Å². The van der Waals surface area contributed by atoms with Crippen LogP contribution in [0.5, 0.6) is 11.5 Å². The minimum absolute atomic E-state index is 0.258. The van der Waals surface area contributed by atoms with E-state index in [0.29, 0.717) is 44.2 Å². The Morgan fingerprint density at radius 2 is 1.89 bits per heavy atom. The zero-order valence-corrected chi connectivity index (χ0v) is 21.3. The van der Waals surface area contributed by atoms with Gasteiger partial charge in [0, 0.05) is 5.02 Å². The number of amides is 1. The molecule has 1 heterocycles. The maximum Gasteiger partial charge on any atom is 0.262 e. The Kier molecular flexibility index (Phi) is 7.49. The van der Waals surface area contributed by atoms with E-state index in [1.807, 2.05) is 26.0 Å². The van der Waals surface area contributed by atoms with Crippen LogP contribution in [0.25, 0.3) is 22.7 Å². The Bertz CT molecular complexity index is 1500. The van der Waals surface area contributed by atoms with Gasteiger partial charge in [-0.2, -0.15) is 5.26 Å². The number of allylic oxidation sites excluding steroid dienone is 1. The number of aromatic nitrogens is 2. The third-order valence-electron chi connectivity index (χ3n) is 5.54. The summed E-state index contributed by atoms with van der Waals surface area (Å²) >= 11 is 12.0. The number of aromatic amines is 1. The third kappa shape index (κ3) is 5.62. The summed E-state index contributed by atoms with van der Waals surface area (Å²) in [6.45, 7) is 3.80. The van der Waals surface area contributed by atoms with E-state index in [9.17, 15) is 10.1 Å². The predicted octanol–water partition coefficient (Wildman–Crippen LogP) is 6.58. The normalized spacial score (nSPS) is 11.3. The number of nitrogens with one attached hydrogen (secondary N) is 2. The average molecular weight is 521 g/mol. The highest BCUT2D eigenvalue weighted by Crippen LogP contribution is 2.30. The standard InChI is InChI=1S/C27H22Cl2N4O3/c1-15-8-22-23(9-16(15)2)33-27(32-22)18(13-30)10-17-4-7-24(25(11-17)35-3)36-14-26(34)31-21-6-5-19(28)12-20(21)29/h4-12H,14H2,1-3H3,(H,31,34)(H,32,33)/b18-10+. The fraction of sp³-hybridized carbons (Fsp3) is 0.148. The first kappa shape index (κ1) is 25.1. The van der Waals surface area contributed by atoms with Crippen molar-refractivity contribution >= 4 is 57.5 Å². The van der Waals surface area contributed by atoms with Crippen LogP contribution in [0, 0.1) is 25.2 Å². The number of anilines is 1. The van der Waals surface area contributed by atoms with Crippen molar-refractivity contribution in [2.45, 2.75) is 13.8 Å². The van der Waals surface area contributed by atoms with Gasteiger partial charge in [0.25, 0.3) is 5.91 Å². The molecule has 4 rings (SSSR count). The van der Waals surface area contributed by atoms with Gasteiger partial charge >= 0.3 is 0 Å². The molecule has 4 aromatic rings. The zero-order valence-electron chi connectivity index (χ0n) is 19.8. The molecule has 0 saturated heterocycles. The van der Waals surface area contributed by atoms with Gasteiger partial charge in [0.05, 0.1) is 34.4 Å². The predicted molar refractivity (Wildman–Crippen MR) is 143 cm³/mol. The van der Waals surface area contributed by atoms with Gasteiger partial charge in [-0.1, -0.05) is 29.3 Å². The van der Waals surface area contributed by atoms with Gasteiger partial charge in [0.15, 0.2) is 18.1 Å². The molecule has 36 heavy (non-hydrogen) atoms. The largest absolute Gasteiger partial charge is 0.493 e. The summed E-state index contributed by atoms with van der Waals surface area (Å²) in [5, 5.41) is 13.2. The van der Waals surface area contributed by atoms with Crippen LogP contribution in [-0.2, 0) is 4.79 Å². The molecule has 0 spiro atoms. The number of H-pyrrole nitrogens is 1. The number of fused-ring (bicyclic) bond motifs is 1. The molecular weight excluding hydrogens is 499 g/mol. The first-order chi connectivity index (χ1) is 17.3. The summed E-state index contributed by atoms with van der Waals surface area (Å²) in [5.74, 6) is 0.871.